The SMILES string of the molecule is C=C(C(=O)OC)[C@@H](c1ccc(Cl)cc1)C(F)(F)F. The molecular weight excluding hydrogens is 269 g/mol. The van der Waals surface area contributed by atoms with Gasteiger partial charge in [-0.3, -0.25) is 0 Å². The number of methoxy groups -OCH3 is 1. The Hall–Kier alpha value is -1.49. The molecule has 0 spiro atoms. The lowest BCUT2D eigenvalue weighted by Crippen LogP contribution is -2.26. The molecule has 0 aromatic heterocycles. The molecule has 0 aliphatic heterocycles. The first-order chi connectivity index (χ1) is 8.27. The van der Waals surface area contributed by atoms with Crippen LogP contribution in [0.5, 0.6) is 0 Å². The van der Waals surface area contributed by atoms with Crippen molar-refractivity contribution in [2.45, 2.75) is 12.1 Å². The zero-order chi connectivity index (χ0) is 13.9. The summed E-state index contributed by atoms with van der Waals surface area (Å²) in [6, 6.07) is 5.05. The average Bonchev–Trinajstić information content (AvgIpc) is 2.29. The first-order valence-electron chi connectivity index (χ1n) is 4.86. The van der Waals surface area contributed by atoms with Gasteiger partial charge in [-0.2, -0.15) is 13.2 Å². The zero-order valence-corrected chi connectivity index (χ0v) is 10.2. The highest BCUT2D eigenvalue weighted by molar-refractivity contribution is 6.30. The van der Waals surface area contributed by atoms with Crippen LogP contribution < -0.4 is 0 Å². The van der Waals surface area contributed by atoms with Crippen molar-refractivity contribution in [1.29, 1.82) is 0 Å². The Balaban J connectivity index is 3.18. The fourth-order valence-electron chi connectivity index (χ4n) is 1.49. The molecule has 1 atom stereocenters. The Labute approximate surface area is 107 Å². The quantitative estimate of drug-likeness (QED) is 0.622. The summed E-state index contributed by atoms with van der Waals surface area (Å²) >= 11 is 5.60. The van der Waals surface area contributed by atoms with Crippen LogP contribution in [0.25, 0.3) is 0 Å². The van der Waals surface area contributed by atoms with E-state index in [4.69, 9.17) is 11.6 Å². The van der Waals surface area contributed by atoms with Crippen LogP contribution in [0.1, 0.15) is 11.5 Å². The number of rotatable bonds is 3. The Morgan fingerprint density at radius 1 is 1.33 bits per heavy atom. The minimum absolute atomic E-state index is 0.109. The van der Waals surface area contributed by atoms with Gasteiger partial charge in [-0.15, -0.1) is 0 Å². The van der Waals surface area contributed by atoms with Crippen molar-refractivity contribution in [1.82, 2.24) is 0 Å². The number of esters is 1. The van der Waals surface area contributed by atoms with Crippen LogP contribution in [-0.4, -0.2) is 19.3 Å². The van der Waals surface area contributed by atoms with Crippen LogP contribution in [0.4, 0.5) is 13.2 Å². The second-order valence-corrected chi connectivity index (χ2v) is 3.98. The lowest BCUT2D eigenvalue weighted by atomic mass is 9.91. The Morgan fingerprint density at radius 3 is 2.22 bits per heavy atom. The van der Waals surface area contributed by atoms with Crippen molar-refractivity contribution < 1.29 is 22.7 Å². The van der Waals surface area contributed by atoms with E-state index in [0.717, 1.165) is 7.11 Å². The predicted molar refractivity (Wildman–Crippen MR) is 61.4 cm³/mol. The number of hydrogen-bond acceptors (Lipinski definition) is 2. The van der Waals surface area contributed by atoms with E-state index in [1.807, 2.05) is 0 Å². The number of ether oxygens (including phenoxy) is 1. The number of carbonyl (C=O) groups excluding carboxylic acids is 1. The summed E-state index contributed by atoms with van der Waals surface area (Å²) in [5, 5.41) is 0.309. The van der Waals surface area contributed by atoms with Crippen LogP contribution in [0.2, 0.25) is 5.02 Å². The zero-order valence-electron chi connectivity index (χ0n) is 9.42. The molecule has 0 N–H and O–H groups in total. The van der Waals surface area contributed by atoms with E-state index >= 15 is 0 Å². The van der Waals surface area contributed by atoms with E-state index in [1.165, 1.54) is 24.3 Å². The van der Waals surface area contributed by atoms with Crippen molar-refractivity contribution in [3.63, 3.8) is 0 Å². The molecule has 98 valence electrons. The number of benzene rings is 1. The van der Waals surface area contributed by atoms with E-state index in [0.29, 0.717) is 5.02 Å². The van der Waals surface area contributed by atoms with Crippen molar-refractivity contribution in [2.24, 2.45) is 0 Å². The van der Waals surface area contributed by atoms with E-state index in [9.17, 15) is 18.0 Å². The van der Waals surface area contributed by atoms with Gasteiger partial charge in [0.2, 0.25) is 0 Å². The first-order valence-corrected chi connectivity index (χ1v) is 5.24. The van der Waals surface area contributed by atoms with E-state index in [2.05, 4.69) is 11.3 Å². The maximum atomic E-state index is 13.0. The minimum atomic E-state index is -4.63. The third-order valence-electron chi connectivity index (χ3n) is 2.33. The molecule has 1 aromatic rings. The van der Waals surface area contributed by atoms with Crippen LogP contribution in [-0.2, 0) is 9.53 Å². The molecule has 0 aliphatic carbocycles. The van der Waals surface area contributed by atoms with Gasteiger partial charge in [-0.25, -0.2) is 4.79 Å². The Morgan fingerprint density at radius 2 is 1.83 bits per heavy atom. The van der Waals surface area contributed by atoms with Gasteiger partial charge in [0.1, 0.15) is 5.92 Å². The molecule has 0 fully saturated rings. The molecule has 0 saturated carbocycles. The summed E-state index contributed by atoms with van der Waals surface area (Å²) < 4.78 is 43.1. The summed E-state index contributed by atoms with van der Waals surface area (Å²) in [5.74, 6) is -3.19. The maximum absolute atomic E-state index is 13.0. The standard InChI is InChI=1S/C12H10ClF3O2/c1-7(11(17)18-2)10(12(14,15)16)8-3-5-9(13)6-4-8/h3-6,10H,1H2,2H3/t10-/m0/s1. The third-order valence-corrected chi connectivity index (χ3v) is 2.58. The maximum Gasteiger partial charge on any atom is 0.399 e. The molecule has 2 nitrogen and oxygen atoms in total. The molecule has 0 bridgehead atoms. The summed E-state index contributed by atoms with van der Waals surface area (Å²) in [6.45, 7) is 3.16. The normalized spacial score (nSPS) is 12.9. The molecule has 0 heterocycles. The highest BCUT2D eigenvalue weighted by atomic mass is 35.5. The molecule has 0 unspecified atom stereocenters. The highest BCUT2D eigenvalue weighted by Crippen LogP contribution is 2.40. The summed E-state index contributed by atoms with van der Waals surface area (Å²) in [4.78, 5) is 11.2. The molecular formula is C12H10ClF3O2. The predicted octanol–water partition coefficient (Wildman–Crippen LogP) is 3.72. The van der Waals surface area contributed by atoms with E-state index in [-0.39, 0.29) is 5.56 Å². The number of halogens is 4. The largest absolute Gasteiger partial charge is 0.466 e. The van der Waals surface area contributed by atoms with E-state index < -0.39 is 23.6 Å². The molecule has 1 aromatic carbocycles. The van der Waals surface area contributed by atoms with Crippen LogP contribution in [0.15, 0.2) is 36.4 Å². The van der Waals surface area contributed by atoms with E-state index in [1.54, 1.807) is 0 Å². The van der Waals surface area contributed by atoms with Gasteiger partial charge in [0.25, 0.3) is 0 Å². The van der Waals surface area contributed by atoms with Crippen molar-refractivity contribution in [2.75, 3.05) is 7.11 Å². The van der Waals surface area contributed by atoms with Crippen molar-refractivity contribution in [3.05, 3.63) is 47.0 Å². The van der Waals surface area contributed by atoms with Gasteiger partial charge in [-0.1, -0.05) is 30.3 Å². The summed E-state index contributed by atoms with van der Waals surface area (Å²) in [6.07, 6.45) is -4.63. The highest BCUT2D eigenvalue weighted by Gasteiger charge is 2.44. The fraction of sp³-hybridized carbons (Fsp3) is 0.250. The monoisotopic (exact) mass is 278 g/mol. The van der Waals surface area contributed by atoms with Crippen LogP contribution in [0, 0.1) is 0 Å². The van der Waals surface area contributed by atoms with Gasteiger partial charge in [0.05, 0.1) is 7.11 Å². The Bertz CT molecular complexity index is 451. The second-order valence-electron chi connectivity index (χ2n) is 3.54. The number of carbonyl (C=O) groups is 1. The minimum Gasteiger partial charge on any atom is -0.466 e. The van der Waals surface area contributed by atoms with Gasteiger partial charge in [0.15, 0.2) is 0 Å². The Kier molecular flexibility index (Phi) is 4.40. The molecule has 0 saturated heterocycles. The molecule has 0 radical (unpaired) electrons. The average molecular weight is 279 g/mol. The molecule has 1 rings (SSSR count). The van der Waals surface area contributed by atoms with Gasteiger partial charge >= 0.3 is 12.1 Å². The second kappa shape index (κ2) is 5.44. The number of hydrogen-bond donors (Lipinski definition) is 0. The third kappa shape index (κ3) is 3.26. The first kappa shape index (κ1) is 14.6. The summed E-state index contributed by atoms with van der Waals surface area (Å²) in [7, 11) is 1.00. The van der Waals surface area contributed by atoms with Crippen LogP contribution >= 0.6 is 11.6 Å². The van der Waals surface area contributed by atoms with Crippen molar-refractivity contribution >= 4 is 17.6 Å². The molecule has 6 heteroatoms. The van der Waals surface area contributed by atoms with Gasteiger partial charge < -0.3 is 4.74 Å². The van der Waals surface area contributed by atoms with Gasteiger partial charge in [0, 0.05) is 10.6 Å². The summed E-state index contributed by atoms with van der Waals surface area (Å²) in [5.41, 5.74) is -0.769. The fourth-order valence-corrected chi connectivity index (χ4v) is 1.62. The van der Waals surface area contributed by atoms with Crippen molar-refractivity contribution in [3.8, 4) is 0 Å². The topological polar surface area (TPSA) is 26.3 Å². The van der Waals surface area contributed by atoms with Crippen LogP contribution in [0.3, 0.4) is 0 Å². The molecule has 18 heavy (non-hydrogen) atoms. The van der Waals surface area contributed by atoms with Gasteiger partial charge in [-0.05, 0) is 17.7 Å². The molecule has 0 aliphatic rings. The lowest BCUT2D eigenvalue weighted by Gasteiger charge is -2.21. The molecule has 0 amide bonds. The smallest absolute Gasteiger partial charge is 0.399 e. The lowest BCUT2D eigenvalue weighted by molar-refractivity contribution is -0.153. The number of alkyl halides is 3.